The first kappa shape index (κ1) is 35.8. The molecule has 0 atom stereocenters. The third-order valence-corrected chi connectivity index (χ3v) is 10.5. The first-order valence-corrected chi connectivity index (χ1v) is 17.8. The highest BCUT2D eigenvalue weighted by Crippen LogP contribution is 2.42. The number of likely N-dealkylation sites (tertiary alicyclic amines) is 1. The van der Waals surface area contributed by atoms with E-state index in [0.717, 1.165) is 67.1 Å². The number of anilines is 1. The van der Waals surface area contributed by atoms with E-state index in [1.54, 1.807) is 42.7 Å². The van der Waals surface area contributed by atoms with Crippen molar-refractivity contribution in [2.45, 2.75) is 38.9 Å². The van der Waals surface area contributed by atoms with Gasteiger partial charge in [-0.05, 0) is 90.4 Å². The topological polar surface area (TPSA) is 87.6 Å². The maximum Gasteiger partial charge on any atom is 0.203 e. The molecule has 4 heterocycles. The van der Waals surface area contributed by atoms with E-state index >= 15 is 0 Å². The second-order valence-electron chi connectivity index (χ2n) is 12.5. The minimum atomic E-state index is 0.417. The number of nitrogens with zero attached hydrogens (tertiary/aromatic N) is 4. The molecule has 3 aromatic heterocycles. The van der Waals surface area contributed by atoms with Gasteiger partial charge in [-0.1, -0.05) is 6.07 Å². The summed E-state index contributed by atoms with van der Waals surface area (Å²) in [6, 6.07) is 18.9. The van der Waals surface area contributed by atoms with Crippen molar-refractivity contribution in [2.75, 3.05) is 60.6 Å². The van der Waals surface area contributed by atoms with Crippen molar-refractivity contribution >= 4 is 16.3 Å². The van der Waals surface area contributed by atoms with Crippen LogP contribution < -0.4 is 33.3 Å². The molecule has 1 fully saturated rings. The molecular weight excluding hydrogens is 665 g/mol. The molecule has 0 spiro atoms. The molecule has 0 N–H and O–H groups in total. The summed E-state index contributed by atoms with van der Waals surface area (Å²) in [5, 5.41) is 3.51. The fraction of sp³-hybridized carbons (Fsp3) is 0.350. The zero-order valence-corrected chi connectivity index (χ0v) is 31.2. The molecule has 1 aliphatic rings. The van der Waals surface area contributed by atoms with Gasteiger partial charge in [-0.3, -0.25) is 14.9 Å². The average Bonchev–Trinajstić information content (AvgIpc) is 3.61. The van der Waals surface area contributed by atoms with Crippen LogP contribution in [-0.2, 0) is 13.1 Å². The van der Waals surface area contributed by atoms with E-state index < -0.39 is 0 Å². The first-order chi connectivity index (χ1) is 24.9. The number of thiophene rings is 1. The molecule has 1 aliphatic heterocycles. The summed E-state index contributed by atoms with van der Waals surface area (Å²) in [4.78, 5) is 14.7. The number of hydrogen-bond acceptors (Lipinski definition) is 11. The highest BCUT2D eigenvalue weighted by atomic mass is 32.1. The highest BCUT2D eigenvalue weighted by Gasteiger charge is 2.27. The quantitative estimate of drug-likeness (QED) is 0.113. The normalized spacial score (nSPS) is 13.5. The van der Waals surface area contributed by atoms with Gasteiger partial charge in [-0.2, -0.15) is 0 Å². The zero-order valence-electron chi connectivity index (χ0n) is 30.4. The van der Waals surface area contributed by atoms with Crippen LogP contribution in [0.3, 0.4) is 0 Å². The van der Waals surface area contributed by atoms with Crippen molar-refractivity contribution in [2.24, 2.45) is 0 Å². The van der Waals surface area contributed by atoms with E-state index in [2.05, 4.69) is 57.4 Å². The molecule has 268 valence electrons. The lowest BCUT2D eigenvalue weighted by atomic mass is 10.0. The molecule has 10 nitrogen and oxygen atoms in total. The summed E-state index contributed by atoms with van der Waals surface area (Å²) in [7, 11) is 9.71. The Morgan fingerprint density at radius 2 is 1.27 bits per heavy atom. The fourth-order valence-electron chi connectivity index (χ4n) is 6.75. The summed E-state index contributed by atoms with van der Waals surface area (Å²) < 4.78 is 33.3. The van der Waals surface area contributed by atoms with Gasteiger partial charge in [0, 0.05) is 55.7 Å². The number of rotatable bonds is 14. The van der Waals surface area contributed by atoms with Crippen molar-refractivity contribution in [1.82, 2.24) is 14.9 Å². The summed E-state index contributed by atoms with van der Waals surface area (Å²) in [6.07, 6.45) is 6.00. The van der Waals surface area contributed by atoms with Crippen LogP contribution in [0.1, 0.15) is 29.5 Å². The van der Waals surface area contributed by atoms with Crippen LogP contribution in [-0.4, -0.2) is 76.7 Å². The van der Waals surface area contributed by atoms with Crippen LogP contribution in [0.15, 0.2) is 72.4 Å². The van der Waals surface area contributed by atoms with Crippen LogP contribution in [0.25, 0.3) is 22.5 Å². The minimum Gasteiger partial charge on any atom is -0.493 e. The molecule has 0 radical (unpaired) electrons. The molecule has 0 saturated carbocycles. The van der Waals surface area contributed by atoms with E-state index in [1.807, 2.05) is 48.0 Å². The largest absolute Gasteiger partial charge is 0.493 e. The maximum atomic E-state index is 5.58. The van der Waals surface area contributed by atoms with Crippen molar-refractivity contribution < 1.29 is 28.4 Å². The third-order valence-electron chi connectivity index (χ3n) is 9.42. The summed E-state index contributed by atoms with van der Waals surface area (Å²) in [5.41, 5.74) is 7.22. The van der Waals surface area contributed by atoms with Gasteiger partial charge in [0.15, 0.2) is 23.0 Å². The molecule has 0 bridgehead atoms. The smallest absolute Gasteiger partial charge is 0.203 e. The third kappa shape index (κ3) is 7.84. The molecule has 5 aromatic rings. The molecule has 1 saturated heterocycles. The molecular formula is C40H46N4O6S. The number of pyridine rings is 2. The Morgan fingerprint density at radius 3 is 1.76 bits per heavy atom. The van der Waals surface area contributed by atoms with E-state index in [-0.39, 0.29) is 0 Å². The van der Waals surface area contributed by atoms with Gasteiger partial charge in [0.2, 0.25) is 11.5 Å². The maximum absolute atomic E-state index is 5.58. The monoisotopic (exact) mass is 710 g/mol. The minimum absolute atomic E-state index is 0.417. The average molecular weight is 711 g/mol. The number of aromatic nitrogens is 2. The number of methoxy groups -OCH3 is 6. The number of ether oxygens (including phenoxy) is 6. The van der Waals surface area contributed by atoms with Gasteiger partial charge in [0.1, 0.15) is 0 Å². The number of aryl methyl sites for hydroxylation is 1. The van der Waals surface area contributed by atoms with E-state index in [1.165, 1.54) is 16.1 Å². The molecule has 0 unspecified atom stereocenters. The fourth-order valence-corrected chi connectivity index (χ4v) is 7.75. The lowest BCUT2D eigenvalue weighted by molar-refractivity contribution is 0.201. The van der Waals surface area contributed by atoms with Gasteiger partial charge in [0.05, 0.1) is 59.0 Å². The Morgan fingerprint density at radius 1 is 0.686 bits per heavy atom. The molecule has 2 aromatic carbocycles. The van der Waals surface area contributed by atoms with Crippen molar-refractivity contribution in [1.29, 1.82) is 0 Å². The number of benzene rings is 2. The lowest BCUT2D eigenvalue weighted by Crippen LogP contribution is -2.44. The van der Waals surface area contributed by atoms with Crippen LogP contribution in [0.4, 0.5) is 5.00 Å². The summed E-state index contributed by atoms with van der Waals surface area (Å²) in [6.45, 7) is 5.86. The predicted octanol–water partition coefficient (Wildman–Crippen LogP) is 7.90. The zero-order chi connectivity index (χ0) is 35.9. The van der Waals surface area contributed by atoms with Gasteiger partial charge in [-0.15, -0.1) is 11.3 Å². The van der Waals surface area contributed by atoms with Crippen LogP contribution in [0.2, 0.25) is 0 Å². The second-order valence-corrected chi connectivity index (χ2v) is 13.4. The van der Waals surface area contributed by atoms with Gasteiger partial charge in [0.25, 0.3) is 0 Å². The van der Waals surface area contributed by atoms with Crippen molar-refractivity contribution in [3.05, 3.63) is 89.1 Å². The van der Waals surface area contributed by atoms with Gasteiger partial charge in [-0.25, -0.2) is 0 Å². The lowest BCUT2D eigenvalue weighted by Gasteiger charge is -2.39. The SMILES string of the molecule is COc1cc(-c2ccc(CN(c3sccc3C)C3CCN(Cc4ccnc(-c5cc(OC)c(OC)c(OC)c5)c4)CC3)cn2)cc(OC)c1OC. The van der Waals surface area contributed by atoms with E-state index in [4.69, 9.17) is 33.4 Å². The first-order valence-electron chi connectivity index (χ1n) is 16.9. The molecule has 6 rings (SSSR count). The van der Waals surface area contributed by atoms with Crippen molar-refractivity contribution in [3.8, 4) is 57.0 Å². The summed E-state index contributed by atoms with van der Waals surface area (Å²) >= 11 is 1.81. The van der Waals surface area contributed by atoms with Gasteiger partial charge < -0.3 is 33.3 Å². The Hall–Kier alpha value is -5.00. The van der Waals surface area contributed by atoms with E-state index in [0.29, 0.717) is 40.5 Å². The Bertz CT molecular complexity index is 1870. The van der Waals surface area contributed by atoms with Crippen LogP contribution in [0.5, 0.6) is 34.5 Å². The summed E-state index contributed by atoms with van der Waals surface area (Å²) in [5.74, 6) is 3.56. The second kappa shape index (κ2) is 16.3. The highest BCUT2D eigenvalue weighted by molar-refractivity contribution is 7.14. The Kier molecular flexibility index (Phi) is 11.5. The predicted molar refractivity (Wildman–Crippen MR) is 202 cm³/mol. The number of hydrogen-bond donors (Lipinski definition) is 0. The molecule has 11 heteroatoms. The van der Waals surface area contributed by atoms with E-state index in [9.17, 15) is 0 Å². The number of piperidine rings is 1. The van der Waals surface area contributed by atoms with Crippen molar-refractivity contribution in [3.63, 3.8) is 0 Å². The Labute approximate surface area is 304 Å². The standard InChI is InChI=1S/C40H46N4O6S/c1-26-13-17-51-40(26)44(25-28-8-9-32(42-23-28)29-19-34(45-2)38(49-6)35(20-29)46-3)31-11-15-43(16-12-31)24-27-10-14-41-33(18-27)30-21-36(47-4)39(50-7)37(22-30)48-5/h8-10,13-14,17-23,31H,11-12,15-16,24-25H2,1-7H3. The molecule has 0 amide bonds. The van der Waals surface area contributed by atoms with Gasteiger partial charge >= 0.3 is 0 Å². The molecule has 51 heavy (non-hydrogen) atoms. The Balaban J connectivity index is 1.15. The van der Waals surface area contributed by atoms with Crippen LogP contribution >= 0.6 is 11.3 Å². The molecule has 0 aliphatic carbocycles. The van der Waals surface area contributed by atoms with Crippen LogP contribution in [0, 0.1) is 6.92 Å².